The van der Waals surface area contributed by atoms with Crippen molar-refractivity contribution in [3.05, 3.63) is 63.4 Å². The Labute approximate surface area is 189 Å². The Morgan fingerprint density at radius 3 is 2.67 bits per heavy atom. The number of anilines is 1. The molecule has 0 aliphatic rings. The zero-order chi connectivity index (χ0) is 21.7. The van der Waals surface area contributed by atoms with Crippen LogP contribution in [0.3, 0.4) is 0 Å². The van der Waals surface area contributed by atoms with Gasteiger partial charge >= 0.3 is 0 Å². The molecule has 0 atom stereocenters. The Morgan fingerprint density at radius 1 is 1.13 bits per heavy atom. The van der Waals surface area contributed by atoms with Crippen molar-refractivity contribution in [1.82, 2.24) is 14.8 Å². The molecule has 158 valence electrons. The minimum atomic E-state index is -0.206. The molecule has 9 heteroatoms. The van der Waals surface area contributed by atoms with E-state index in [0.29, 0.717) is 39.9 Å². The second-order valence-corrected chi connectivity index (χ2v) is 8.42. The van der Waals surface area contributed by atoms with E-state index in [2.05, 4.69) is 22.4 Å². The lowest BCUT2D eigenvalue weighted by Gasteiger charge is -2.10. The van der Waals surface area contributed by atoms with Crippen molar-refractivity contribution >= 4 is 46.6 Å². The number of nitrogens with zero attached hydrogens (tertiary/aromatic N) is 3. The maximum absolute atomic E-state index is 12.3. The fraction of sp³-hybridized carbons (Fsp3) is 0.286. The first-order chi connectivity index (χ1) is 14.4. The number of rotatable bonds is 8. The molecule has 1 N–H and O–H groups in total. The maximum Gasteiger partial charge on any atom is 0.234 e. The highest BCUT2D eigenvalue weighted by atomic mass is 35.5. The molecule has 0 fully saturated rings. The highest BCUT2D eigenvalue weighted by Gasteiger charge is 2.14. The number of aryl methyl sites for hydroxylation is 2. The van der Waals surface area contributed by atoms with Crippen molar-refractivity contribution in [2.75, 3.05) is 11.1 Å². The number of benzene rings is 2. The predicted octanol–water partition coefficient (Wildman–Crippen LogP) is 5.53. The normalized spacial score (nSPS) is 10.8. The summed E-state index contributed by atoms with van der Waals surface area (Å²) in [6.45, 7) is 7.08. The lowest BCUT2D eigenvalue weighted by molar-refractivity contribution is -0.113. The predicted molar refractivity (Wildman–Crippen MR) is 122 cm³/mol. The number of hydrogen-bond donors (Lipinski definition) is 1. The monoisotopic (exact) mass is 464 g/mol. The first-order valence-corrected chi connectivity index (χ1v) is 11.1. The van der Waals surface area contributed by atoms with Crippen LogP contribution in [0.4, 0.5) is 5.69 Å². The summed E-state index contributed by atoms with van der Waals surface area (Å²) in [6, 6.07) is 10.9. The summed E-state index contributed by atoms with van der Waals surface area (Å²) in [5, 5.41) is 12.8. The van der Waals surface area contributed by atoms with E-state index in [1.54, 1.807) is 18.2 Å². The van der Waals surface area contributed by atoms with Crippen molar-refractivity contribution in [3.8, 4) is 5.75 Å². The van der Waals surface area contributed by atoms with Crippen molar-refractivity contribution in [1.29, 1.82) is 0 Å². The number of carbonyl (C=O) groups excluding carboxylic acids is 1. The lowest BCUT2D eigenvalue weighted by Crippen LogP contribution is -2.15. The van der Waals surface area contributed by atoms with Crippen LogP contribution in [0.15, 0.2) is 41.6 Å². The van der Waals surface area contributed by atoms with Crippen LogP contribution in [0.2, 0.25) is 10.0 Å². The van der Waals surface area contributed by atoms with Crippen LogP contribution >= 0.6 is 35.0 Å². The topological polar surface area (TPSA) is 69.0 Å². The van der Waals surface area contributed by atoms with E-state index in [1.165, 1.54) is 22.9 Å². The first-order valence-electron chi connectivity index (χ1n) is 9.37. The summed E-state index contributed by atoms with van der Waals surface area (Å²) in [5.74, 6) is 1.45. The number of nitrogens with one attached hydrogen (secondary N) is 1. The van der Waals surface area contributed by atoms with Gasteiger partial charge in [0.1, 0.15) is 12.4 Å². The van der Waals surface area contributed by atoms with Gasteiger partial charge in [0, 0.05) is 11.6 Å². The van der Waals surface area contributed by atoms with Gasteiger partial charge in [-0.15, -0.1) is 10.2 Å². The van der Waals surface area contributed by atoms with Crippen LogP contribution in [0.25, 0.3) is 0 Å². The zero-order valence-electron chi connectivity index (χ0n) is 16.9. The van der Waals surface area contributed by atoms with E-state index in [-0.39, 0.29) is 11.7 Å². The van der Waals surface area contributed by atoms with Crippen molar-refractivity contribution in [2.24, 2.45) is 0 Å². The lowest BCUT2D eigenvalue weighted by atomic mass is 10.1. The molecule has 30 heavy (non-hydrogen) atoms. The molecule has 2 aromatic carbocycles. The van der Waals surface area contributed by atoms with Crippen molar-refractivity contribution < 1.29 is 9.53 Å². The van der Waals surface area contributed by atoms with E-state index < -0.39 is 0 Å². The summed E-state index contributed by atoms with van der Waals surface area (Å²) in [5.41, 5.74) is 2.87. The molecular weight excluding hydrogens is 443 g/mol. The molecule has 0 spiro atoms. The Bertz CT molecular complexity index is 1060. The van der Waals surface area contributed by atoms with Crippen LogP contribution < -0.4 is 10.1 Å². The van der Waals surface area contributed by atoms with Gasteiger partial charge < -0.3 is 14.6 Å². The molecule has 1 amide bonds. The van der Waals surface area contributed by atoms with Gasteiger partial charge in [-0.3, -0.25) is 4.79 Å². The van der Waals surface area contributed by atoms with Crippen LogP contribution in [-0.2, 0) is 17.9 Å². The molecule has 3 rings (SSSR count). The summed E-state index contributed by atoms with van der Waals surface area (Å²) in [7, 11) is 0. The summed E-state index contributed by atoms with van der Waals surface area (Å²) < 4.78 is 7.81. The third kappa shape index (κ3) is 5.68. The van der Waals surface area contributed by atoms with Gasteiger partial charge in [0.05, 0.1) is 16.5 Å². The Morgan fingerprint density at radius 2 is 1.93 bits per heavy atom. The summed E-state index contributed by atoms with van der Waals surface area (Å²) in [4.78, 5) is 12.3. The van der Waals surface area contributed by atoms with E-state index >= 15 is 0 Å². The molecule has 0 unspecified atom stereocenters. The van der Waals surface area contributed by atoms with Crippen molar-refractivity contribution in [3.63, 3.8) is 0 Å². The fourth-order valence-electron chi connectivity index (χ4n) is 2.71. The van der Waals surface area contributed by atoms with E-state index in [9.17, 15) is 4.79 Å². The standard InChI is InChI=1S/C21H22Cl2N4O2S/c1-4-27-19(11-29-16-7-5-13(2)14(3)9-16)25-26-21(27)30-12-20(28)24-18-10-15(22)6-8-17(18)23/h5-10H,4,11-12H2,1-3H3,(H,24,28). The van der Waals surface area contributed by atoms with Gasteiger partial charge in [-0.25, -0.2) is 0 Å². The smallest absolute Gasteiger partial charge is 0.234 e. The third-order valence-corrected chi connectivity index (χ3v) is 6.02. The average molecular weight is 465 g/mol. The van der Waals surface area contributed by atoms with Gasteiger partial charge in [0.25, 0.3) is 0 Å². The van der Waals surface area contributed by atoms with E-state index in [0.717, 1.165) is 5.75 Å². The fourth-order valence-corrected chi connectivity index (χ4v) is 3.87. The number of aromatic nitrogens is 3. The second-order valence-electron chi connectivity index (χ2n) is 6.64. The second kappa shape index (κ2) is 10.2. The number of hydrogen-bond acceptors (Lipinski definition) is 5. The third-order valence-electron chi connectivity index (χ3n) is 4.49. The van der Waals surface area contributed by atoms with Gasteiger partial charge in [-0.05, 0) is 62.2 Å². The molecule has 0 bridgehead atoms. The first kappa shape index (κ1) is 22.5. The van der Waals surface area contributed by atoms with E-state index in [1.807, 2.05) is 36.6 Å². The molecular formula is C21H22Cl2N4O2S. The average Bonchev–Trinajstić information content (AvgIpc) is 3.12. The van der Waals surface area contributed by atoms with Crippen LogP contribution in [0.5, 0.6) is 5.75 Å². The SMILES string of the molecule is CCn1c(COc2ccc(C)c(C)c2)nnc1SCC(=O)Nc1cc(Cl)ccc1Cl. The minimum Gasteiger partial charge on any atom is -0.486 e. The van der Waals surface area contributed by atoms with Gasteiger partial charge in [-0.2, -0.15) is 0 Å². The molecule has 0 radical (unpaired) electrons. The van der Waals surface area contributed by atoms with Gasteiger partial charge in [-0.1, -0.05) is 41.0 Å². The van der Waals surface area contributed by atoms with Gasteiger partial charge in [0.2, 0.25) is 5.91 Å². The molecule has 6 nitrogen and oxygen atoms in total. The molecule has 0 saturated carbocycles. The molecule has 0 aliphatic carbocycles. The van der Waals surface area contributed by atoms with Crippen molar-refractivity contribution in [2.45, 2.75) is 39.1 Å². The molecule has 0 saturated heterocycles. The number of thioether (sulfide) groups is 1. The summed E-state index contributed by atoms with van der Waals surface area (Å²) >= 11 is 13.4. The maximum atomic E-state index is 12.3. The highest BCUT2D eigenvalue weighted by Crippen LogP contribution is 2.26. The molecule has 1 aromatic heterocycles. The highest BCUT2D eigenvalue weighted by molar-refractivity contribution is 7.99. The zero-order valence-corrected chi connectivity index (χ0v) is 19.2. The van der Waals surface area contributed by atoms with Gasteiger partial charge in [0.15, 0.2) is 11.0 Å². The molecule has 1 heterocycles. The van der Waals surface area contributed by atoms with Crippen LogP contribution in [0, 0.1) is 13.8 Å². The molecule has 3 aromatic rings. The Kier molecular flexibility index (Phi) is 7.64. The number of ether oxygens (including phenoxy) is 1. The molecule has 0 aliphatic heterocycles. The quantitative estimate of drug-likeness (QED) is 0.443. The van der Waals surface area contributed by atoms with E-state index in [4.69, 9.17) is 27.9 Å². The Balaban J connectivity index is 1.60. The van der Waals surface area contributed by atoms with Crippen LogP contribution in [0.1, 0.15) is 23.9 Å². The number of carbonyl (C=O) groups is 1. The number of amides is 1. The summed E-state index contributed by atoms with van der Waals surface area (Å²) in [6.07, 6.45) is 0. The largest absolute Gasteiger partial charge is 0.486 e. The number of halogens is 2. The minimum absolute atomic E-state index is 0.166. The van der Waals surface area contributed by atoms with Crippen LogP contribution in [-0.4, -0.2) is 26.4 Å². The Hall–Kier alpha value is -2.22.